The number of rotatable bonds is 4. The molecule has 26 heavy (non-hydrogen) atoms. The van der Waals surface area contributed by atoms with Gasteiger partial charge >= 0.3 is 12.1 Å². The minimum Gasteiger partial charge on any atom is -0.449 e. The van der Waals surface area contributed by atoms with E-state index in [-0.39, 0.29) is 5.02 Å². The number of esters is 1. The van der Waals surface area contributed by atoms with E-state index in [1.165, 1.54) is 18.2 Å². The van der Waals surface area contributed by atoms with Crippen molar-refractivity contribution in [3.8, 4) is 0 Å². The van der Waals surface area contributed by atoms with Gasteiger partial charge in [-0.2, -0.15) is 13.2 Å². The van der Waals surface area contributed by atoms with Crippen LogP contribution in [0.15, 0.2) is 42.5 Å². The molecule has 0 spiro atoms. The van der Waals surface area contributed by atoms with Gasteiger partial charge in [0.1, 0.15) is 5.82 Å². The van der Waals surface area contributed by atoms with Crippen molar-refractivity contribution in [3.63, 3.8) is 0 Å². The van der Waals surface area contributed by atoms with Crippen LogP contribution in [-0.2, 0) is 15.7 Å². The van der Waals surface area contributed by atoms with Crippen molar-refractivity contribution in [2.24, 2.45) is 0 Å². The Bertz CT molecular complexity index is 839. The molecular formula is C17H12ClF4NO3. The van der Waals surface area contributed by atoms with Gasteiger partial charge in [0.15, 0.2) is 6.10 Å². The van der Waals surface area contributed by atoms with E-state index >= 15 is 0 Å². The first-order valence-electron chi connectivity index (χ1n) is 7.22. The summed E-state index contributed by atoms with van der Waals surface area (Å²) in [6.45, 7) is 1.15. The molecule has 0 aromatic heterocycles. The van der Waals surface area contributed by atoms with Crippen molar-refractivity contribution in [2.45, 2.75) is 19.2 Å². The lowest BCUT2D eigenvalue weighted by atomic mass is 10.1. The summed E-state index contributed by atoms with van der Waals surface area (Å²) in [6, 6.07) is 7.57. The number of para-hydroxylation sites is 1. The lowest BCUT2D eigenvalue weighted by Gasteiger charge is -2.17. The van der Waals surface area contributed by atoms with Crippen LogP contribution >= 0.6 is 11.6 Å². The van der Waals surface area contributed by atoms with Crippen molar-refractivity contribution in [2.75, 3.05) is 5.32 Å². The Hall–Kier alpha value is -2.61. The molecule has 9 heteroatoms. The maximum absolute atomic E-state index is 13.7. The molecule has 0 saturated carbocycles. The second-order valence-corrected chi connectivity index (χ2v) is 5.64. The molecule has 0 radical (unpaired) electrons. The lowest BCUT2D eigenvalue weighted by Crippen LogP contribution is -2.31. The molecule has 1 amide bonds. The zero-order valence-corrected chi connectivity index (χ0v) is 14.0. The van der Waals surface area contributed by atoms with Crippen LogP contribution in [0.1, 0.15) is 22.8 Å². The zero-order chi connectivity index (χ0) is 19.5. The lowest BCUT2D eigenvalue weighted by molar-refractivity contribution is -0.137. The molecular weight excluding hydrogens is 378 g/mol. The second-order valence-electron chi connectivity index (χ2n) is 5.20. The van der Waals surface area contributed by atoms with Gasteiger partial charge in [0.05, 0.1) is 16.8 Å². The number of alkyl halides is 3. The molecule has 2 aromatic carbocycles. The predicted octanol–water partition coefficient (Wildman–Crippen LogP) is 4.68. The molecule has 2 rings (SSSR count). The van der Waals surface area contributed by atoms with E-state index in [4.69, 9.17) is 16.3 Å². The van der Waals surface area contributed by atoms with Crippen LogP contribution in [0.5, 0.6) is 0 Å². The Morgan fingerprint density at radius 3 is 2.42 bits per heavy atom. The van der Waals surface area contributed by atoms with Crippen LogP contribution in [0.25, 0.3) is 0 Å². The van der Waals surface area contributed by atoms with Gasteiger partial charge in [-0.15, -0.1) is 0 Å². The predicted molar refractivity (Wildman–Crippen MR) is 86.4 cm³/mol. The maximum atomic E-state index is 13.7. The van der Waals surface area contributed by atoms with Crippen molar-refractivity contribution < 1.29 is 31.9 Å². The third kappa shape index (κ3) is 4.72. The fourth-order valence-corrected chi connectivity index (χ4v) is 2.17. The fraction of sp³-hybridized carbons (Fsp3) is 0.176. The molecule has 0 aliphatic heterocycles. The first-order chi connectivity index (χ1) is 12.1. The molecule has 0 fully saturated rings. The quantitative estimate of drug-likeness (QED) is 0.610. The number of carbonyl (C=O) groups excluding carboxylic acids is 2. The van der Waals surface area contributed by atoms with E-state index in [0.29, 0.717) is 0 Å². The number of carbonyl (C=O) groups is 2. The average Bonchev–Trinajstić information content (AvgIpc) is 2.54. The van der Waals surface area contributed by atoms with Gasteiger partial charge in [-0.05, 0) is 37.3 Å². The van der Waals surface area contributed by atoms with Crippen molar-refractivity contribution in [1.82, 2.24) is 0 Å². The Morgan fingerprint density at radius 2 is 1.81 bits per heavy atom. The van der Waals surface area contributed by atoms with Crippen molar-refractivity contribution in [1.29, 1.82) is 0 Å². The van der Waals surface area contributed by atoms with Crippen LogP contribution in [0.2, 0.25) is 5.02 Å². The molecule has 2 aromatic rings. The summed E-state index contributed by atoms with van der Waals surface area (Å²) in [5.41, 5.74) is -1.98. The normalized spacial score (nSPS) is 12.4. The summed E-state index contributed by atoms with van der Waals surface area (Å²) >= 11 is 5.57. The average molecular weight is 390 g/mol. The summed E-state index contributed by atoms with van der Waals surface area (Å²) in [4.78, 5) is 23.9. The van der Waals surface area contributed by atoms with Crippen LogP contribution in [0, 0.1) is 5.82 Å². The van der Waals surface area contributed by atoms with Gasteiger partial charge in [0.25, 0.3) is 5.91 Å². The van der Waals surface area contributed by atoms with Crippen molar-refractivity contribution in [3.05, 3.63) is 64.4 Å². The highest BCUT2D eigenvalue weighted by atomic mass is 35.5. The smallest absolute Gasteiger partial charge is 0.418 e. The van der Waals surface area contributed by atoms with E-state index < -0.39 is 46.8 Å². The van der Waals surface area contributed by atoms with Gasteiger partial charge < -0.3 is 10.1 Å². The number of halogens is 5. The maximum Gasteiger partial charge on any atom is 0.418 e. The molecule has 0 unspecified atom stereocenters. The number of hydrogen-bond acceptors (Lipinski definition) is 3. The van der Waals surface area contributed by atoms with E-state index in [1.54, 1.807) is 0 Å². The zero-order valence-electron chi connectivity index (χ0n) is 13.2. The highest BCUT2D eigenvalue weighted by Crippen LogP contribution is 2.34. The fourth-order valence-electron chi connectivity index (χ4n) is 2.01. The minimum atomic E-state index is -4.67. The first kappa shape index (κ1) is 19.7. The summed E-state index contributed by atoms with van der Waals surface area (Å²) in [6.07, 6.45) is -6.13. The summed E-state index contributed by atoms with van der Waals surface area (Å²) in [7, 11) is 0. The highest BCUT2D eigenvalue weighted by Gasteiger charge is 2.34. The van der Waals surface area contributed by atoms with E-state index in [1.807, 2.05) is 5.32 Å². The highest BCUT2D eigenvalue weighted by molar-refractivity contribution is 6.30. The van der Waals surface area contributed by atoms with E-state index in [2.05, 4.69) is 0 Å². The van der Waals surface area contributed by atoms with E-state index in [0.717, 1.165) is 31.2 Å². The number of anilines is 1. The minimum absolute atomic E-state index is 0.0635. The summed E-state index contributed by atoms with van der Waals surface area (Å²) in [5, 5.41) is 2.11. The molecule has 0 saturated heterocycles. The summed E-state index contributed by atoms with van der Waals surface area (Å²) in [5.74, 6) is -3.09. The molecule has 0 aliphatic rings. The number of ether oxygens (including phenoxy) is 1. The summed E-state index contributed by atoms with van der Waals surface area (Å²) < 4.78 is 57.2. The second kappa shape index (κ2) is 7.74. The van der Waals surface area contributed by atoms with Gasteiger partial charge in [0, 0.05) is 5.02 Å². The van der Waals surface area contributed by atoms with Crippen LogP contribution in [-0.4, -0.2) is 18.0 Å². The third-order valence-electron chi connectivity index (χ3n) is 3.29. The number of hydrogen-bond donors (Lipinski definition) is 1. The van der Waals surface area contributed by atoms with Crippen LogP contribution < -0.4 is 5.32 Å². The monoisotopic (exact) mass is 389 g/mol. The van der Waals surface area contributed by atoms with Gasteiger partial charge in [-0.3, -0.25) is 4.79 Å². The SMILES string of the molecule is C[C@H](OC(=O)c1ccc(Cl)cc1F)C(=O)Nc1ccccc1C(F)(F)F. The molecule has 1 N–H and O–H groups in total. The van der Waals surface area contributed by atoms with Gasteiger partial charge in [0.2, 0.25) is 0 Å². The number of nitrogens with one attached hydrogen (secondary N) is 1. The molecule has 0 aliphatic carbocycles. The molecule has 138 valence electrons. The van der Waals surface area contributed by atoms with Crippen molar-refractivity contribution >= 4 is 29.2 Å². The van der Waals surface area contributed by atoms with E-state index in [9.17, 15) is 27.2 Å². The van der Waals surface area contributed by atoms with Gasteiger partial charge in [-0.25, -0.2) is 9.18 Å². The Labute approximate surface area is 150 Å². The van der Waals surface area contributed by atoms with Gasteiger partial charge in [-0.1, -0.05) is 23.7 Å². The standard InChI is InChI=1S/C17H12ClF4NO3/c1-9(26-16(25)11-7-6-10(18)8-13(11)19)15(24)23-14-5-3-2-4-12(14)17(20,21)22/h2-9H,1H3,(H,23,24)/t9-/m0/s1. The molecule has 1 atom stereocenters. The first-order valence-corrected chi connectivity index (χ1v) is 7.60. The third-order valence-corrected chi connectivity index (χ3v) is 3.53. The Kier molecular flexibility index (Phi) is 5.86. The largest absolute Gasteiger partial charge is 0.449 e. The molecule has 0 heterocycles. The Morgan fingerprint density at radius 1 is 1.15 bits per heavy atom. The number of amides is 1. The molecule has 0 bridgehead atoms. The van der Waals surface area contributed by atoms with Crippen LogP contribution in [0.3, 0.4) is 0 Å². The Balaban J connectivity index is 2.10. The number of benzene rings is 2. The molecule has 4 nitrogen and oxygen atoms in total. The van der Waals surface area contributed by atoms with Crippen LogP contribution in [0.4, 0.5) is 23.2 Å². The topological polar surface area (TPSA) is 55.4 Å².